The van der Waals surface area contributed by atoms with Gasteiger partial charge >= 0.3 is 18.2 Å². The van der Waals surface area contributed by atoms with E-state index in [9.17, 15) is 23.1 Å². The maximum atomic E-state index is 11.8. The van der Waals surface area contributed by atoms with Crippen molar-refractivity contribution in [1.29, 1.82) is 0 Å². The molecule has 0 aliphatic carbocycles. The molecule has 2 amide bonds. The summed E-state index contributed by atoms with van der Waals surface area (Å²) in [5.41, 5.74) is 0.721. The van der Waals surface area contributed by atoms with Crippen LogP contribution in [0.5, 0.6) is 0 Å². The second kappa shape index (κ2) is 12.1. The van der Waals surface area contributed by atoms with E-state index in [2.05, 4.69) is 45.3 Å². The van der Waals surface area contributed by atoms with Crippen LogP contribution in [0, 0.1) is 11.8 Å². The lowest BCUT2D eigenvalue weighted by Gasteiger charge is -2.36. The quantitative estimate of drug-likeness (QED) is 0.498. The van der Waals surface area contributed by atoms with Gasteiger partial charge in [-0.15, -0.1) is 0 Å². The minimum atomic E-state index is -5.08. The smallest absolute Gasteiger partial charge is 0.475 e. The molecule has 2 rings (SSSR count). The zero-order valence-electron chi connectivity index (χ0n) is 16.7. The number of halogens is 4. The average molecular weight is 498 g/mol. The lowest BCUT2D eigenvalue weighted by molar-refractivity contribution is -0.192. The highest BCUT2D eigenvalue weighted by atomic mass is 79.9. The Morgan fingerprint density at radius 2 is 1.70 bits per heavy atom. The summed E-state index contributed by atoms with van der Waals surface area (Å²) in [4.78, 5) is 23.0. The summed E-state index contributed by atoms with van der Waals surface area (Å²) in [5.74, 6) is -1.42. The molecule has 4 N–H and O–H groups in total. The molecule has 0 bridgehead atoms. The van der Waals surface area contributed by atoms with E-state index < -0.39 is 18.2 Å². The zero-order valence-corrected chi connectivity index (χ0v) is 18.3. The first-order valence-corrected chi connectivity index (χ1v) is 10.2. The molecule has 0 spiro atoms. The van der Waals surface area contributed by atoms with E-state index in [1.807, 2.05) is 24.3 Å². The number of carboxylic acid groups (broad SMARTS) is 1. The van der Waals surface area contributed by atoms with Crippen LogP contribution in [0.2, 0.25) is 0 Å². The molecule has 1 aliphatic heterocycles. The van der Waals surface area contributed by atoms with Crippen LogP contribution in [0.4, 0.5) is 23.7 Å². The van der Waals surface area contributed by atoms with E-state index in [0.717, 1.165) is 23.2 Å². The highest BCUT2D eigenvalue weighted by molar-refractivity contribution is 9.10. The van der Waals surface area contributed by atoms with Crippen LogP contribution in [-0.2, 0) is 4.79 Å². The number of alkyl halides is 3. The molecule has 1 heterocycles. The van der Waals surface area contributed by atoms with Crippen LogP contribution < -0.4 is 10.6 Å². The monoisotopic (exact) mass is 497 g/mol. The number of likely N-dealkylation sites (tertiary alicyclic amines) is 1. The van der Waals surface area contributed by atoms with E-state index in [4.69, 9.17) is 9.90 Å². The third-order valence-electron chi connectivity index (χ3n) is 4.26. The van der Waals surface area contributed by atoms with Crippen molar-refractivity contribution in [2.45, 2.75) is 32.5 Å². The van der Waals surface area contributed by atoms with Gasteiger partial charge in [0.1, 0.15) is 0 Å². The highest BCUT2D eigenvalue weighted by Gasteiger charge is 2.38. The van der Waals surface area contributed by atoms with E-state index in [1.54, 1.807) is 0 Å². The minimum Gasteiger partial charge on any atom is -0.475 e. The van der Waals surface area contributed by atoms with Gasteiger partial charge < -0.3 is 25.7 Å². The Hall–Kier alpha value is -1.85. The van der Waals surface area contributed by atoms with Gasteiger partial charge in [-0.05, 0) is 42.5 Å². The predicted molar refractivity (Wildman–Crippen MR) is 110 cm³/mol. The number of β-amino-alcohol motifs (C(OH)–C–C–N with tert-alkyl or cyclic N) is 1. The lowest BCUT2D eigenvalue weighted by Crippen LogP contribution is -2.46. The first-order chi connectivity index (χ1) is 13.9. The molecular formula is C19H27BrF3N3O4. The third kappa shape index (κ3) is 10.8. The Morgan fingerprint density at radius 1 is 1.20 bits per heavy atom. The Balaban J connectivity index is 0.000000553. The van der Waals surface area contributed by atoms with Crippen molar-refractivity contribution in [3.8, 4) is 0 Å². The second-order valence-electron chi connectivity index (χ2n) is 7.46. The fourth-order valence-corrected chi connectivity index (χ4v) is 3.49. The van der Waals surface area contributed by atoms with Crippen molar-refractivity contribution in [3.05, 3.63) is 28.7 Å². The maximum absolute atomic E-state index is 11.8. The number of rotatable bonds is 5. The number of urea groups is 1. The number of hydrogen-bond acceptors (Lipinski definition) is 4. The number of benzene rings is 1. The molecule has 7 nitrogen and oxygen atoms in total. The van der Waals surface area contributed by atoms with Crippen LogP contribution >= 0.6 is 15.9 Å². The molecule has 11 heteroatoms. The number of nitrogens with one attached hydrogen (secondary N) is 2. The molecule has 1 saturated heterocycles. The number of aliphatic hydroxyl groups is 1. The van der Waals surface area contributed by atoms with E-state index in [-0.39, 0.29) is 12.6 Å². The van der Waals surface area contributed by atoms with Crippen molar-refractivity contribution in [2.75, 3.05) is 31.5 Å². The number of piperidine rings is 1. The van der Waals surface area contributed by atoms with Gasteiger partial charge in [0, 0.05) is 36.3 Å². The lowest BCUT2D eigenvalue weighted by atomic mass is 9.92. The van der Waals surface area contributed by atoms with Crippen LogP contribution in [-0.4, -0.2) is 65.6 Å². The van der Waals surface area contributed by atoms with Gasteiger partial charge in [-0.1, -0.05) is 29.8 Å². The Morgan fingerprint density at radius 3 is 2.17 bits per heavy atom. The van der Waals surface area contributed by atoms with Gasteiger partial charge in [0.05, 0.1) is 6.10 Å². The van der Waals surface area contributed by atoms with Gasteiger partial charge in [0.25, 0.3) is 0 Å². The summed E-state index contributed by atoms with van der Waals surface area (Å²) >= 11 is 3.35. The molecule has 0 saturated carbocycles. The number of amides is 2. The summed E-state index contributed by atoms with van der Waals surface area (Å²) in [6, 6.07) is 7.06. The number of nitrogens with zero attached hydrogens (tertiary/aromatic N) is 1. The van der Waals surface area contributed by atoms with Crippen molar-refractivity contribution in [2.24, 2.45) is 11.8 Å². The van der Waals surface area contributed by atoms with Gasteiger partial charge in [-0.3, -0.25) is 0 Å². The number of hydrogen-bond donors (Lipinski definition) is 4. The number of aliphatic carboxylic acids is 1. The van der Waals surface area contributed by atoms with Crippen LogP contribution in [0.25, 0.3) is 0 Å². The second-order valence-corrected chi connectivity index (χ2v) is 8.38. The molecule has 1 aromatic rings. The molecule has 3 unspecified atom stereocenters. The summed E-state index contributed by atoms with van der Waals surface area (Å²) in [6.45, 7) is 7.39. The maximum Gasteiger partial charge on any atom is 0.490 e. The molecule has 3 atom stereocenters. The normalized spacial score (nSPS) is 20.5. The fraction of sp³-hybridized carbons (Fsp3) is 0.579. The molecule has 30 heavy (non-hydrogen) atoms. The standard InChI is InChI=1S/C17H26BrN3O2.C2HF3O2/c1-12-7-13(2)10-21(9-12)11-16(22)8-19-17(23)20-15-5-3-14(18)4-6-15;3-2(4,5)1(6)7/h3-6,12-13,16,22H,7-11H2,1-2H3,(H2,19,20,23);(H,6,7). The molecule has 1 aliphatic rings. The molecule has 1 fully saturated rings. The summed E-state index contributed by atoms with van der Waals surface area (Å²) in [6.07, 6.45) is -4.39. The number of aliphatic hydroxyl groups excluding tert-OH is 1. The van der Waals surface area contributed by atoms with Crippen molar-refractivity contribution < 1.29 is 33.0 Å². The number of carboxylic acids is 1. The predicted octanol–water partition coefficient (Wildman–Crippen LogP) is 3.54. The van der Waals surface area contributed by atoms with Crippen LogP contribution in [0.3, 0.4) is 0 Å². The highest BCUT2D eigenvalue weighted by Crippen LogP contribution is 2.20. The van der Waals surface area contributed by atoms with Crippen molar-refractivity contribution in [3.63, 3.8) is 0 Å². The van der Waals surface area contributed by atoms with Crippen molar-refractivity contribution >= 4 is 33.6 Å². The Bertz CT molecular complexity index is 679. The summed E-state index contributed by atoms with van der Waals surface area (Å²) in [7, 11) is 0. The summed E-state index contributed by atoms with van der Waals surface area (Å²) < 4.78 is 32.7. The van der Waals surface area contributed by atoms with Gasteiger partial charge in [-0.2, -0.15) is 13.2 Å². The Labute approximate surface area is 181 Å². The van der Waals surface area contributed by atoms with E-state index >= 15 is 0 Å². The Kier molecular flexibility index (Phi) is 10.6. The van der Waals surface area contributed by atoms with E-state index in [0.29, 0.717) is 18.4 Å². The van der Waals surface area contributed by atoms with Crippen LogP contribution in [0.1, 0.15) is 20.3 Å². The number of carbonyl (C=O) groups is 2. The molecule has 1 aromatic carbocycles. The molecular weight excluding hydrogens is 471 g/mol. The van der Waals surface area contributed by atoms with Gasteiger partial charge in [-0.25, -0.2) is 9.59 Å². The minimum absolute atomic E-state index is 0.252. The number of anilines is 1. The van der Waals surface area contributed by atoms with E-state index in [1.165, 1.54) is 6.42 Å². The molecule has 0 radical (unpaired) electrons. The number of carbonyl (C=O) groups excluding carboxylic acids is 1. The third-order valence-corrected chi connectivity index (χ3v) is 4.78. The molecule has 170 valence electrons. The largest absolute Gasteiger partial charge is 0.490 e. The topological polar surface area (TPSA) is 102 Å². The van der Waals surface area contributed by atoms with Crippen molar-refractivity contribution in [1.82, 2.24) is 10.2 Å². The summed E-state index contributed by atoms with van der Waals surface area (Å²) in [5, 5.41) is 22.7. The fourth-order valence-electron chi connectivity index (χ4n) is 3.22. The average Bonchev–Trinajstić information content (AvgIpc) is 2.61. The zero-order chi connectivity index (χ0) is 22.9. The first-order valence-electron chi connectivity index (χ1n) is 9.37. The SMILES string of the molecule is CC1CC(C)CN(CC(O)CNC(=O)Nc2ccc(Br)cc2)C1.O=C(O)C(F)(F)F. The van der Waals surface area contributed by atoms with Gasteiger partial charge in [0.2, 0.25) is 0 Å². The molecule has 0 aromatic heterocycles. The first kappa shape index (κ1) is 26.2. The van der Waals surface area contributed by atoms with Crippen LogP contribution in [0.15, 0.2) is 28.7 Å². The van der Waals surface area contributed by atoms with Gasteiger partial charge in [0.15, 0.2) is 0 Å².